The molecule has 0 saturated carbocycles. The third-order valence-corrected chi connectivity index (χ3v) is 5.41. The lowest BCUT2D eigenvalue weighted by atomic mass is 10.0. The Bertz CT molecular complexity index is 933. The molecule has 4 heterocycles. The number of rotatable bonds is 3. The SMILES string of the molecule is CC(C)(O)c1cc(Cl)cc(N2CCOCC2)n1.Cc1cc(Cl)cc(N2CCOCC2)n1.O=C=O. The van der Waals surface area contributed by atoms with E-state index in [9.17, 15) is 5.11 Å². The molecule has 9 nitrogen and oxygen atoms in total. The number of carbonyl (C=O) groups excluding carboxylic acids is 2. The molecule has 1 N–H and O–H groups in total. The lowest BCUT2D eigenvalue weighted by Gasteiger charge is -2.29. The van der Waals surface area contributed by atoms with Gasteiger partial charge in [0.05, 0.1) is 32.1 Å². The van der Waals surface area contributed by atoms with Crippen LogP contribution in [0.1, 0.15) is 25.2 Å². The summed E-state index contributed by atoms with van der Waals surface area (Å²) in [5.41, 5.74) is 0.567. The van der Waals surface area contributed by atoms with Gasteiger partial charge in [-0.25, -0.2) is 9.97 Å². The average Bonchev–Trinajstić information content (AvgIpc) is 2.80. The van der Waals surface area contributed by atoms with Gasteiger partial charge in [-0.3, -0.25) is 0 Å². The van der Waals surface area contributed by atoms with E-state index in [1.165, 1.54) is 0 Å². The Morgan fingerprint density at radius 1 is 0.853 bits per heavy atom. The fourth-order valence-corrected chi connectivity index (χ4v) is 3.77. The van der Waals surface area contributed by atoms with Crippen molar-refractivity contribution >= 4 is 41.0 Å². The second kappa shape index (κ2) is 13.6. The van der Waals surface area contributed by atoms with Gasteiger partial charge in [-0.1, -0.05) is 23.2 Å². The number of aromatic nitrogens is 2. The van der Waals surface area contributed by atoms with Gasteiger partial charge in [0.1, 0.15) is 17.2 Å². The van der Waals surface area contributed by atoms with Gasteiger partial charge in [0.2, 0.25) is 0 Å². The molecule has 2 aliphatic rings. The standard InChI is InChI=1S/C12H17ClN2O2.C10H13ClN2O.CO2/c1-12(2,16)10-7-9(13)8-11(14-10)15-3-5-17-6-4-15;1-8-6-9(11)7-10(12-8)13-2-4-14-5-3-13;2-1-3/h7-8,16H,3-6H2,1-2H3;6-7H,2-5H2,1H3;. The van der Waals surface area contributed by atoms with Crippen molar-refractivity contribution in [3.8, 4) is 0 Å². The molecule has 11 heteroatoms. The van der Waals surface area contributed by atoms with Crippen LogP contribution < -0.4 is 9.80 Å². The summed E-state index contributed by atoms with van der Waals surface area (Å²) in [4.78, 5) is 29.5. The molecular formula is C23H30Cl2N4O5. The van der Waals surface area contributed by atoms with Crippen LogP contribution in [0.4, 0.5) is 11.6 Å². The number of morpholine rings is 2. The van der Waals surface area contributed by atoms with E-state index in [4.69, 9.17) is 42.3 Å². The minimum Gasteiger partial charge on any atom is -0.384 e. The number of aliphatic hydroxyl groups is 1. The Morgan fingerprint density at radius 3 is 1.68 bits per heavy atom. The van der Waals surface area contributed by atoms with Crippen LogP contribution >= 0.6 is 23.2 Å². The Kier molecular flexibility index (Phi) is 11.2. The highest BCUT2D eigenvalue weighted by Crippen LogP contribution is 2.26. The smallest absolute Gasteiger partial charge is 0.373 e. The molecule has 0 unspecified atom stereocenters. The minimum absolute atomic E-state index is 0.250. The Morgan fingerprint density at radius 2 is 1.26 bits per heavy atom. The molecule has 4 rings (SSSR count). The summed E-state index contributed by atoms with van der Waals surface area (Å²) in [5.74, 6) is 1.76. The van der Waals surface area contributed by atoms with E-state index >= 15 is 0 Å². The van der Waals surface area contributed by atoms with Crippen molar-refractivity contribution in [3.63, 3.8) is 0 Å². The van der Waals surface area contributed by atoms with E-state index in [1.54, 1.807) is 19.9 Å². The predicted octanol–water partition coefficient (Wildman–Crippen LogP) is 3.10. The van der Waals surface area contributed by atoms with Crippen molar-refractivity contribution in [1.82, 2.24) is 9.97 Å². The fourth-order valence-electron chi connectivity index (χ4n) is 3.32. The van der Waals surface area contributed by atoms with E-state index in [2.05, 4.69) is 19.8 Å². The maximum absolute atomic E-state index is 9.97. The first-order chi connectivity index (χ1) is 16.1. The zero-order chi connectivity index (χ0) is 25.1. The van der Waals surface area contributed by atoms with Gasteiger partial charge < -0.3 is 24.4 Å². The third-order valence-electron chi connectivity index (χ3n) is 4.98. The van der Waals surface area contributed by atoms with Crippen LogP contribution in [0.25, 0.3) is 0 Å². The van der Waals surface area contributed by atoms with Gasteiger partial charge in [-0.2, -0.15) is 9.59 Å². The molecule has 186 valence electrons. The minimum atomic E-state index is -0.980. The van der Waals surface area contributed by atoms with Crippen LogP contribution in [-0.2, 0) is 24.7 Å². The lowest BCUT2D eigenvalue weighted by Crippen LogP contribution is -2.37. The van der Waals surface area contributed by atoms with E-state index in [-0.39, 0.29) is 6.15 Å². The molecule has 2 aromatic heterocycles. The molecule has 0 spiro atoms. The third kappa shape index (κ3) is 9.18. The monoisotopic (exact) mass is 512 g/mol. The number of halogens is 2. The molecule has 2 aliphatic heterocycles. The van der Waals surface area contributed by atoms with Crippen LogP contribution in [-0.4, -0.2) is 73.8 Å². The summed E-state index contributed by atoms with van der Waals surface area (Å²) in [6.07, 6.45) is 0.250. The first-order valence-corrected chi connectivity index (χ1v) is 11.6. The quantitative estimate of drug-likeness (QED) is 0.663. The topological polar surface area (TPSA) is 105 Å². The highest BCUT2D eigenvalue weighted by molar-refractivity contribution is 6.31. The van der Waals surface area contributed by atoms with Gasteiger partial charge in [-0.15, -0.1) is 0 Å². The van der Waals surface area contributed by atoms with Gasteiger partial charge >= 0.3 is 6.15 Å². The number of aryl methyl sites for hydroxylation is 1. The molecule has 2 saturated heterocycles. The first-order valence-electron chi connectivity index (χ1n) is 10.8. The van der Waals surface area contributed by atoms with Crippen molar-refractivity contribution in [2.45, 2.75) is 26.4 Å². The van der Waals surface area contributed by atoms with Gasteiger partial charge in [0.15, 0.2) is 0 Å². The number of ether oxygens (including phenoxy) is 2. The first kappa shape index (κ1) is 28.0. The van der Waals surface area contributed by atoms with Crippen LogP contribution in [0.3, 0.4) is 0 Å². The molecule has 0 bridgehead atoms. The van der Waals surface area contributed by atoms with Crippen LogP contribution in [0, 0.1) is 6.92 Å². The molecule has 2 fully saturated rings. The molecule has 0 aromatic carbocycles. The molecule has 0 aliphatic carbocycles. The summed E-state index contributed by atoms with van der Waals surface area (Å²) >= 11 is 12.0. The normalized spacial score (nSPS) is 15.9. The van der Waals surface area contributed by atoms with E-state index in [1.807, 2.05) is 25.1 Å². The van der Waals surface area contributed by atoms with E-state index in [0.29, 0.717) is 23.9 Å². The van der Waals surface area contributed by atoms with Crippen molar-refractivity contribution in [3.05, 3.63) is 45.7 Å². The molecular weight excluding hydrogens is 483 g/mol. The summed E-state index contributed by atoms with van der Waals surface area (Å²) in [6.45, 7) is 11.7. The molecule has 34 heavy (non-hydrogen) atoms. The predicted molar refractivity (Wildman–Crippen MR) is 130 cm³/mol. The summed E-state index contributed by atoms with van der Waals surface area (Å²) < 4.78 is 10.6. The van der Waals surface area contributed by atoms with Gasteiger partial charge in [0.25, 0.3) is 0 Å². The van der Waals surface area contributed by atoms with Crippen LogP contribution in [0.5, 0.6) is 0 Å². The summed E-state index contributed by atoms with van der Waals surface area (Å²) in [6, 6.07) is 7.29. The van der Waals surface area contributed by atoms with Crippen LogP contribution in [0.2, 0.25) is 10.0 Å². The Balaban J connectivity index is 0.000000219. The Hall–Kier alpha value is -2.26. The van der Waals surface area contributed by atoms with Crippen molar-refractivity contribution < 1.29 is 24.2 Å². The maximum atomic E-state index is 9.97. The van der Waals surface area contributed by atoms with E-state index in [0.717, 1.165) is 61.7 Å². The van der Waals surface area contributed by atoms with Crippen molar-refractivity contribution in [2.75, 3.05) is 62.4 Å². The van der Waals surface area contributed by atoms with Crippen molar-refractivity contribution in [2.24, 2.45) is 0 Å². The molecule has 2 aromatic rings. The zero-order valence-corrected chi connectivity index (χ0v) is 21.1. The molecule has 0 atom stereocenters. The Labute approximate surface area is 209 Å². The van der Waals surface area contributed by atoms with Gasteiger partial charge in [-0.05, 0) is 45.0 Å². The number of pyridine rings is 2. The number of hydrogen-bond donors (Lipinski definition) is 1. The highest BCUT2D eigenvalue weighted by atomic mass is 35.5. The number of hydrogen-bond acceptors (Lipinski definition) is 9. The van der Waals surface area contributed by atoms with E-state index < -0.39 is 5.60 Å². The molecule has 0 amide bonds. The van der Waals surface area contributed by atoms with Gasteiger partial charge in [0, 0.05) is 41.9 Å². The second-order valence-corrected chi connectivity index (χ2v) is 9.03. The number of anilines is 2. The summed E-state index contributed by atoms with van der Waals surface area (Å²) in [5, 5.41) is 11.3. The average molecular weight is 513 g/mol. The largest absolute Gasteiger partial charge is 0.384 e. The maximum Gasteiger partial charge on any atom is 0.373 e. The molecule has 0 radical (unpaired) electrons. The second-order valence-electron chi connectivity index (χ2n) is 8.15. The van der Waals surface area contributed by atoms with Crippen molar-refractivity contribution in [1.29, 1.82) is 0 Å². The lowest BCUT2D eigenvalue weighted by molar-refractivity contribution is -0.191. The van der Waals surface area contributed by atoms with Crippen LogP contribution in [0.15, 0.2) is 24.3 Å². The zero-order valence-electron chi connectivity index (χ0n) is 19.6. The summed E-state index contributed by atoms with van der Waals surface area (Å²) in [7, 11) is 0. The highest BCUT2D eigenvalue weighted by Gasteiger charge is 2.21. The fraction of sp³-hybridized carbons (Fsp3) is 0.522. The number of nitrogens with zero attached hydrogens (tertiary/aromatic N) is 4.